The number of benzene rings is 1. The largest absolute Gasteiger partial charge is 0.395 e. The zero-order valence-corrected chi connectivity index (χ0v) is 13.5. The molecule has 0 aliphatic heterocycles. The van der Waals surface area contributed by atoms with Crippen molar-refractivity contribution in [3.05, 3.63) is 34.3 Å². The minimum absolute atomic E-state index is 0.0266. The zero-order chi connectivity index (χ0) is 15.8. The highest BCUT2D eigenvalue weighted by atomic mass is 35.5. The summed E-state index contributed by atoms with van der Waals surface area (Å²) in [5, 5.41) is 12.1. The van der Waals surface area contributed by atoms with Gasteiger partial charge >= 0.3 is 0 Å². The predicted octanol–water partition coefficient (Wildman–Crippen LogP) is 3.24. The molecule has 1 amide bonds. The molecule has 1 unspecified atom stereocenters. The van der Waals surface area contributed by atoms with E-state index in [1.807, 2.05) is 6.92 Å². The Morgan fingerprint density at radius 3 is 2.67 bits per heavy atom. The van der Waals surface area contributed by atoms with Gasteiger partial charge < -0.3 is 10.4 Å². The molecule has 0 aromatic heterocycles. The van der Waals surface area contributed by atoms with Crippen molar-refractivity contribution in [2.75, 3.05) is 6.61 Å². The molecule has 0 aliphatic carbocycles. The summed E-state index contributed by atoms with van der Waals surface area (Å²) in [4.78, 5) is 12.1. The molecule has 3 nitrogen and oxygen atoms in total. The number of aliphatic hydroxyl groups is 1. The summed E-state index contributed by atoms with van der Waals surface area (Å²) in [5.41, 5.74) is 1.19. The molecule has 114 valence electrons. The molecule has 21 heavy (non-hydrogen) atoms. The van der Waals surface area contributed by atoms with E-state index < -0.39 is 0 Å². The normalized spacial score (nSPS) is 11.7. The smallest absolute Gasteiger partial charge is 0.251 e. The van der Waals surface area contributed by atoms with Crippen LogP contribution in [0.1, 0.15) is 49.5 Å². The molecule has 0 saturated carbocycles. The third-order valence-corrected chi connectivity index (χ3v) is 3.21. The van der Waals surface area contributed by atoms with Crippen LogP contribution in [0, 0.1) is 17.8 Å². The van der Waals surface area contributed by atoms with Crippen molar-refractivity contribution in [1.82, 2.24) is 5.32 Å². The lowest BCUT2D eigenvalue weighted by atomic mass is 10.0. The van der Waals surface area contributed by atoms with Gasteiger partial charge in [0.25, 0.3) is 5.91 Å². The quantitative estimate of drug-likeness (QED) is 0.821. The molecule has 1 aromatic carbocycles. The van der Waals surface area contributed by atoms with Crippen LogP contribution in [-0.4, -0.2) is 23.7 Å². The third kappa shape index (κ3) is 6.20. The molecule has 1 atom stereocenters. The summed E-state index contributed by atoms with van der Waals surface area (Å²) in [7, 11) is 0. The van der Waals surface area contributed by atoms with Gasteiger partial charge in [-0.1, -0.05) is 37.3 Å². The second-order valence-electron chi connectivity index (χ2n) is 5.47. The summed E-state index contributed by atoms with van der Waals surface area (Å²) in [5.74, 6) is 6.09. The summed E-state index contributed by atoms with van der Waals surface area (Å²) >= 11 is 6.13. The van der Waals surface area contributed by atoms with Crippen LogP contribution in [0.4, 0.5) is 0 Å². The average molecular weight is 308 g/mol. The van der Waals surface area contributed by atoms with Crippen molar-refractivity contribution in [2.45, 2.75) is 39.7 Å². The van der Waals surface area contributed by atoms with Crippen molar-refractivity contribution >= 4 is 17.5 Å². The number of carbonyl (C=O) groups is 1. The number of rotatable bonds is 5. The number of halogens is 1. The van der Waals surface area contributed by atoms with Crippen LogP contribution in [-0.2, 0) is 0 Å². The van der Waals surface area contributed by atoms with Gasteiger partial charge in [-0.15, -0.1) is 0 Å². The molecule has 0 saturated heterocycles. The highest BCUT2D eigenvalue weighted by Gasteiger charge is 2.12. The first-order chi connectivity index (χ1) is 9.93. The topological polar surface area (TPSA) is 49.3 Å². The molecule has 4 heteroatoms. The fourth-order valence-electron chi connectivity index (χ4n) is 2.04. The fraction of sp³-hybridized carbons (Fsp3) is 0.471. The van der Waals surface area contributed by atoms with Crippen LogP contribution in [0.15, 0.2) is 18.2 Å². The number of nitrogens with one attached hydrogen (secondary N) is 1. The first-order valence-corrected chi connectivity index (χ1v) is 7.52. The fourth-order valence-corrected chi connectivity index (χ4v) is 2.27. The van der Waals surface area contributed by atoms with Gasteiger partial charge in [-0.25, -0.2) is 0 Å². The Bertz CT molecular complexity index is 543. The van der Waals surface area contributed by atoms with E-state index in [2.05, 4.69) is 31.0 Å². The van der Waals surface area contributed by atoms with E-state index in [4.69, 9.17) is 16.7 Å². The maximum atomic E-state index is 12.1. The molecule has 1 aromatic rings. The first kappa shape index (κ1) is 17.6. The summed E-state index contributed by atoms with van der Waals surface area (Å²) in [6, 6.07) is 5.20. The first-order valence-electron chi connectivity index (χ1n) is 7.14. The Labute approximate surface area is 131 Å². The van der Waals surface area contributed by atoms with E-state index >= 15 is 0 Å². The van der Waals surface area contributed by atoms with Crippen molar-refractivity contribution in [2.24, 2.45) is 5.92 Å². The van der Waals surface area contributed by atoms with Gasteiger partial charge in [-0.3, -0.25) is 4.79 Å². The zero-order valence-electron chi connectivity index (χ0n) is 12.7. The van der Waals surface area contributed by atoms with Gasteiger partial charge in [0.1, 0.15) is 0 Å². The average Bonchev–Trinajstić information content (AvgIpc) is 2.39. The molecule has 0 aliphatic rings. The predicted molar refractivity (Wildman–Crippen MR) is 86.4 cm³/mol. The molecule has 2 N–H and O–H groups in total. The summed E-state index contributed by atoms with van der Waals surface area (Å²) in [6.07, 6.45) is 1.34. The van der Waals surface area contributed by atoms with Crippen LogP contribution in [0.3, 0.4) is 0 Å². The van der Waals surface area contributed by atoms with E-state index in [0.29, 0.717) is 28.5 Å². The maximum absolute atomic E-state index is 12.1. The lowest BCUT2D eigenvalue weighted by molar-refractivity contribution is 0.0936. The lowest BCUT2D eigenvalue weighted by Gasteiger charge is -2.16. The molecule has 0 spiro atoms. The Kier molecular flexibility index (Phi) is 7.28. The molecule has 1 rings (SSSR count). The maximum Gasteiger partial charge on any atom is 0.251 e. The minimum Gasteiger partial charge on any atom is -0.395 e. The van der Waals surface area contributed by atoms with Crippen LogP contribution >= 0.6 is 11.6 Å². The summed E-state index contributed by atoms with van der Waals surface area (Å²) in [6.45, 7) is 6.27. The molecule has 0 bridgehead atoms. The van der Waals surface area contributed by atoms with Crippen LogP contribution in [0.2, 0.25) is 5.02 Å². The van der Waals surface area contributed by atoms with E-state index in [-0.39, 0.29) is 18.6 Å². The second kappa shape index (κ2) is 8.71. The molecular weight excluding hydrogens is 286 g/mol. The number of hydrogen-bond donors (Lipinski definition) is 2. The molecule has 0 fully saturated rings. The van der Waals surface area contributed by atoms with E-state index in [1.165, 1.54) is 0 Å². The molecular formula is C17H22ClNO2. The van der Waals surface area contributed by atoms with E-state index in [0.717, 1.165) is 6.42 Å². The van der Waals surface area contributed by atoms with Crippen LogP contribution in [0.25, 0.3) is 0 Å². The Hall–Kier alpha value is -1.50. The Balaban J connectivity index is 2.75. The van der Waals surface area contributed by atoms with E-state index in [9.17, 15) is 4.79 Å². The third-order valence-electron chi connectivity index (χ3n) is 2.89. The highest BCUT2D eigenvalue weighted by Crippen LogP contribution is 2.17. The van der Waals surface area contributed by atoms with Gasteiger partial charge in [0, 0.05) is 23.6 Å². The van der Waals surface area contributed by atoms with Crippen LogP contribution in [0.5, 0.6) is 0 Å². The van der Waals surface area contributed by atoms with Gasteiger partial charge in [-0.05, 0) is 37.5 Å². The monoisotopic (exact) mass is 307 g/mol. The Morgan fingerprint density at radius 1 is 1.38 bits per heavy atom. The number of aliphatic hydroxyl groups excluding tert-OH is 1. The standard InChI is InChI=1S/C17H22ClNO2/c1-12(2)10-13(3)19-17(21)15-8-7-14(16(18)11-15)6-4-5-9-20/h7-8,11-13,20H,5,9-10H2,1-3H3,(H,19,21). The van der Waals surface area contributed by atoms with Gasteiger partial charge in [0.05, 0.1) is 11.6 Å². The highest BCUT2D eigenvalue weighted by molar-refractivity contribution is 6.32. The van der Waals surface area contributed by atoms with Crippen molar-refractivity contribution in [1.29, 1.82) is 0 Å². The Morgan fingerprint density at radius 2 is 2.10 bits per heavy atom. The van der Waals surface area contributed by atoms with E-state index in [1.54, 1.807) is 18.2 Å². The summed E-state index contributed by atoms with van der Waals surface area (Å²) < 4.78 is 0. The van der Waals surface area contributed by atoms with Crippen molar-refractivity contribution in [3.8, 4) is 11.8 Å². The lowest BCUT2D eigenvalue weighted by Crippen LogP contribution is -2.33. The number of amides is 1. The molecule has 0 heterocycles. The minimum atomic E-state index is -0.125. The van der Waals surface area contributed by atoms with Gasteiger partial charge in [0.15, 0.2) is 0 Å². The number of carbonyl (C=O) groups excluding carboxylic acids is 1. The van der Waals surface area contributed by atoms with Gasteiger partial charge in [0.2, 0.25) is 0 Å². The molecule has 0 radical (unpaired) electrons. The van der Waals surface area contributed by atoms with Crippen molar-refractivity contribution < 1.29 is 9.90 Å². The van der Waals surface area contributed by atoms with Crippen LogP contribution < -0.4 is 5.32 Å². The SMILES string of the molecule is CC(C)CC(C)NC(=O)c1ccc(C#CCCO)c(Cl)c1. The van der Waals surface area contributed by atoms with Gasteiger partial charge in [-0.2, -0.15) is 0 Å². The number of hydrogen-bond acceptors (Lipinski definition) is 2. The second-order valence-corrected chi connectivity index (χ2v) is 5.88. The van der Waals surface area contributed by atoms with Crippen molar-refractivity contribution in [3.63, 3.8) is 0 Å².